The standard InChI is InChI=1S/C19H17ClN2O3S2/c1-13-2-4-14(5-3-13)17-12-26-19(21-17)22-18(23)10-11-27(24,25)16-8-6-15(20)7-9-16/h2-9,12H,10-11H2,1H3,(H,21,22,23). The van der Waals surface area contributed by atoms with Gasteiger partial charge in [-0.2, -0.15) is 0 Å². The molecule has 1 heterocycles. The Morgan fingerprint density at radius 3 is 2.44 bits per heavy atom. The number of thiazole rings is 1. The molecule has 140 valence electrons. The summed E-state index contributed by atoms with van der Waals surface area (Å²) in [5.41, 5.74) is 2.89. The first-order valence-electron chi connectivity index (χ1n) is 8.14. The first-order chi connectivity index (χ1) is 12.8. The highest BCUT2D eigenvalue weighted by atomic mass is 35.5. The first-order valence-corrected chi connectivity index (χ1v) is 11.1. The lowest BCUT2D eigenvalue weighted by atomic mass is 10.1. The zero-order chi connectivity index (χ0) is 19.4. The molecular formula is C19H17ClN2O3S2. The van der Waals surface area contributed by atoms with E-state index in [2.05, 4.69) is 10.3 Å². The number of aryl methyl sites for hydroxylation is 1. The Morgan fingerprint density at radius 1 is 1.11 bits per heavy atom. The molecule has 1 aromatic heterocycles. The number of sulfone groups is 1. The number of hydrogen-bond donors (Lipinski definition) is 1. The van der Waals surface area contributed by atoms with Crippen molar-refractivity contribution >= 4 is 43.8 Å². The highest BCUT2D eigenvalue weighted by molar-refractivity contribution is 7.91. The number of anilines is 1. The summed E-state index contributed by atoms with van der Waals surface area (Å²) < 4.78 is 24.6. The molecule has 27 heavy (non-hydrogen) atoms. The molecule has 0 spiro atoms. The molecule has 0 unspecified atom stereocenters. The second-order valence-corrected chi connectivity index (χ2v) is 9.38. The van der Waals surface area contributed by atoms with Crippen molar-refractivity contribution in [2.45, 2.75) is 18.2 Å². The summed E-state index contributed by atoms with van der Waals surface area (Å²) in [6.07, 6.45) is -0.148. The highest BCUT2D eigenvalue weighted by Gasteiger charge is 2.17. The van der Waals surface area contributed by atoms with Crippen LogP contribution in [0.15, 0.2) is 58.8 Å². The van der Waals surface area contributed by atoms with Crippen LogP contribution in [0.5, 0.6) is 0 Å². The topological polar surface area (TPSA) is 76.1 Å². The molecule has 0 aliphatic rings. The lowest BCUT2D eigenvalue weighted by Gasteiger charge is -2.05. The smallest absolute Gasteiger partial charge is 0.227 e. The number of carbonyl (C=O) groups excluding carboxylic acids is 1. The van der Waals surface area contributed by atoms with Crippen LogP contribution in [0, 0.1) is 6.92 Å². The van der Waals surface area contributed by atoms with Gasteiger partial charge < -0.3 is 5.32 Å². The third-order valence-electron chi connectivity index (χ3n) is 3.87. The first kappa shape index (κ1) is 19.5. The predicted molar refractivity (Wildman–Crippen MR) is 109 cm³/mol. The van der Waals surface area contributed by atoms with Gasteiger partial charge in [0, 0.05) is 22.4 Å². The van der Waals surface area contributed by atoms with Crippen molar-refractivity contribution in [3.8, 4) is 11.3 Å². The van der Waals surface area contributed by atoms with Gasteiger partial charge in [-0.3, -0.25) is 4.79 Å². The van der Waals surface area contributed by atoms with Crippen molar-refractivity contribution < 1.29 is 13.2 Å². The SMILES string of the molecule is Cc1ccc(-c2csc(NC(=O)CCS(=O)(=O)c3ccc(Cl)cc3)n2)cc1. The van der Waals surface area contributed by atoms with Crippen LogP contribution in [-0.2, 0) is 14.6 Å². The zero-order valence-electron chi connectivity index (χ0n) is 14.5. The number of aromatic nitrogens is 1. The van der Waals surface area contributed by atoms with Gasteiger partial charge in [0.15, 0.2) is 15.0 Å². The van der Waals surface area contributed by atoms with Crippen molar-refractivity contribution in [2.75, 3.05) is 11.1 Å². The molecule has 3 rings (SSSR count). The normalized spacial score (nSPS) is 11.3. The molecule has 0 saturated heterocycles. The van der Waals surface area contributed by atoms with E-state index in [1.807, 2.05) is 36.6 Å². The van der Waals surface area contributed by atoms with Gasteiger partial charge in [0.25, 0.3) is 0 Å². The fourth-order valence-corrected chi connectivity index (χ4v) is 4.46. The molecule has 5 nitrogen and oxygen atoms in total. The van der Waals surface area contributed by atoms with Gasteiger partial charge in [0.1, 0.15) is 0 Å². The molecule has 1 N–H and O–H groups in total. The maximum Gasteiger partial charge on any atom is 0.227 e. The maximum absolute atomic E-state index is 12.3. The molecule has 0 aliphatic heterocycles. The molecule has 1 amide bonds. The third-order valence-corrected chi connectivity index (χ3v) is 6.61. The molecule has 0 bridgehead atoms. The van der Waals surface area contributed by atoms with Crippen LogP contribution in [0.25, 0.3) is 11.3 Å². The molecule has 0 aliphatic carbocycles. The van der Waals surface area contributed by atoms with Gasteiger partial charge in [0.2, 0.25) is 5.91 Å². The number of rotatable bonds is 6. The van der Waals surface area contributed by atoms with Gasteiger partial charge >= 0.3 is 0 Å². The van der Waals surface area contributed by atoms with Crippen LogP contribution >= 0.6 is 22.9 Å². The van der Waals surface area contributed by atoms with Crippen molar-refractivity contribution in [3.63, 3.8) is 0 Å². The molecule has 0 saturated carbocycles. The molecule has 2 aromatic carbocycles. The Hall–Kier alpha value is -2.22. The number of amides is 1. The Bertz CT molecular complexity index is 1040. The molecule has 3 aromatic rings. The lowest BCUT2D eigenvalue weighted by molar-refractivity contribution is -0.115. The van der Waals surface area contributed by atoms with Gasteiger partial charge in [-0.25, -0.2) is 13.4 Å². The molecule has 0 radical (unpaired) electrons. The highest BCUT2D eigenvalue weighted by Crippen LogP contribution is 2.25. The van der Waals surface area contributed by atoms with Crippen molar-refractivity contribution in [2.24, 2.45) is 0 Å². The minimum atomic E-state index is -3.54. The van der Waals surface area contributed by atoms with E-state index >= 15 is 0 Å². The van der Waals surface area contributed by atoms with Gasteiger partial charge in [0.05, 0.1) is 16.3 Å². The number of halogens is 1. The van der Waals surface area contributed by atoms with Gasteiger partial charge in [-0.1, -0.05) is 41.4 Å². The second kappa shape index (κ2) is 8.21. The van der Waals surface area contributed by atoms with Gasteiger partial charge in [-0.05, 0) is 31.2 Å². The van der Waals surface area contributed by atoms with E-state index in [0.717, 1.165) is 16.8 Å². The third kappa shape index (κ3) is 5.15. The predicted octanol–water partition coefficient (Wildman–Crippen LogP) is 4.57. The van der Waals surface area contributed by atoms with Crippen LogP contribution in [0.3, 0.4) is 0 Å². The summed E-state index contributed by atoms with van der Waals surface area (Å²) in [7, 11) is -3.54. The average molecular weight is 421 g/mol. The fourth-order valence-electron chi connectivity index (χ4n) is 2.36. The molecule has 0 atom stereocenters. The van der Waals surface area contributed by atoms with E-state index in [-0.39, 0.29) is 17.1 Å². The van der Waals surface area contributed by atoms with E-state index in [4.69, 9.17) is 11.6 Å². The molecule has 0 fully saturated rings. The van der Waals surface area contributed by atoms with Gasteiger partial charge in [-0.15, -0.1) is 11.3 Å². The number of nitrogens with one attached hydrogen (secondary N) is 1. The Labute approximate surface area is 167 Å². The van der Waals surface area contributed by atoms with Crippen molar-refractivity contribution in [3.05, 3.63) is 64.5 Å². The summed E-state index contributed by atoms with van der Waals surface area (Å²) in [5.74, 6) is -0.672. The molecule has 8 heteroatoms. The zero-order valence-corrected chi connectivity index (χ0v) is 16.9. The largest absolute Gasteiger partial charge is 0.302 e. The Kier molecular flexibility index (Phi) is 5.94. The van der Waals surface area contributed by atoms with E-state index in [0.29, 0.717) is 10.2 Å². The monoisotopic (exact) mass is 420 g/mol. The van der Waals surface area contributed by atoms with Crippen LogP contribution in [0.1, 0.15) is 12.0 Å². The van der Waals surface area contributed by atoms with E-state index in [1.54, 1.807) is 0 Å². The van der Waals surface area contributed by atoms with E-state index in [9.17, 15) is 13.2 Å². The minimum absolute atomic E-state index is 0.148. The quantitative estimate of drug-likeness (QED) is 0.633. The number of hydrogen-bond acceptors (Lipinski definition) is 5. The summed E-state index contributed by atoms with van der Waals surface area (Å²) in [6.45, 7) is 2.01. The molecular weight excluding hydrogens is 404 g/mol. The average Bonchev–Trinajstić information content (AvgIpc) is 3.09. The van der Waals surface area contributed by atoms with Crippen LogP contribution in [0.4, 0.5) is 5.13 Å². The second-order valence-electron chi connectivity index (χ2n) is 5.97. The van der Waals surface area contributed by atoms with E-state index < -0.39 is 15.7 Å². The van der Waals surface area contributed by atoms with Crippen LogP contribution in [-0.4, -0.2) is 25.1 Å². The summed E-state index contributed by atoms with van der Waals surface area (Å²) in [5, 5.41) is 5.41. The summed E-state index contributed by atoms with van der Waals surface area (Å²) in [4.78, 5) is 16.6. The summed E-state index contributed by atoms with van der Waals surface area (Å²) >= 11 is 7.07. The Morgan fingerprint density at radius 2 is 1.78 bits per heavy atom. The number of carbonyl (C=O) groups is 1. The van der Waals surface area contributed by atoms with E-state index in [1.165, 1.54) is 35.6 Å². The van der Waals surface area contributed by atoms with Crippen molar-refractivity contribution in [1.82, 2.24) is 4.98 Å². The Balaban J connectivity index is 1.59. The summed E-state index contributed by atoms with van der Waals surface area (Å²) in [6, 6.07) is 13.8. The number of benzene rings is 2. The fraction of sp³-hybridized carbons (Fsp3) is 0.158. The lowest BCUT2D eigenvalue weighted by Crippen LogP contribution is -2.17. The minimum Gasteiger partial charge on any atom is -0.302 e. The van der Waals surface area contributed by atoms with Crippen molar-refractivity contribution in [1.29, 1.82) is 0 Å². The maximum atomic E-state index is 12.3. The number of nitrogens with zero attached hydrogens (tertiary/aromatic N) is 1. The van der Waals surface area contributed by atoms with Crippen LogP contribution < -0.4 is 5.32 Å². The van der Waals surface area contributed by atoms with Crippen LogP contribution in [0.2, 0.25) is 5.02 Å².